The Balaban J connectivity index is 2.02. The van der Waals surface area contributed by atoms with Crippen LogP contribution in [0, 0.1) is 11.7 Å². The fourth-order valence-corrected chi connectivity index (χ4v) is 4.48. The van der Waals surface area contributed by atoms with Crippen LogP contribution in [0.1, 0.15) is 36.5 Å². The molecule has 1 aromatic rings. The van der Waals surface area contributed by atoms with E-state index in [9.17, 15) is 14.7 Å². The Bertz CT molecular complexity index is 811. The second-order valence-corrected chi connectivity index (χ2v) is 8.11. The zero-order chi connectivity index (χ0) is 22.5. The largest absolute Gasteiger partial charge is 0.492 e. The van der Waals surface area contributed by atoms with Crippen LogP contribution < -0.4 is 20.3 Å². The molecule has 1 unspecified atom stereocenters. The van der Waals surface area contributed by atoms with Crippen molar-refractivity contribution >= 4 is 23.1 Å². The molecule has 2 heterocycles. The lowest BCUT2D eigenvalue weighted by Gasteiger charge is -2.39. The molecule has 0 aliphatic carbocycles. The molecular formula is C22H33FN4O4. The van der Waals surface area contributed by atoms with Crippen molar-refractivity contribution in [3.8, 4) is 5.75 Å². The lowest BCUT2D eigenvalue weighted by molar-refractivity contribution is -0.139. The summed E-state index contributed by atoms with van der Waals surface area (Å²) in [5, 5.41) is 9.56. The van der Waals surface area contributed by atoms with Crippen LogP contribution >= 0.6 is 0 Å². The highest BCUT2D eigenvalue weighted by Gasteiger charge is 2.40. The van der Waals surface area contributed by atoms with E-state index in [1.807, 2.05) is 9.80 Å². The highest BCUT2D eigenvalue weighted by atomic mass is 19.1. The number of rotatable bonds is 9. The van der Waals surface area contributed by atoms with E-state index < -0.39 is 23.5 Å². The first-order valence-electron chi connectivity index (χ1n) is 11.0. The SMILES string of the molecule is CCN1CCN(c2c(F)cc3c(c2OC)N(CCCCCN)CC(C(=O)O)C3=O)CC1. The molecule has 2 aliphatic rings. The average molecular weight is 437 g/mol. The number of anilines is 2. The van der Waals surface area contributed by atoms with E-state index in [2.05, 4.69) is 11.8 Å². The van der Waals surface area contributed by atoms with Crippen LogP contribution in [0.15, 0.2) is 6.07 Å². The quantitative estimate of drug-likeness (QED) is 0.447. The molecule has 1 atom stereocenters. The van der Waals surface area contributed by atoms with Gasteiger partial charge in [0.25, 0.3) is 0 Å². The molecule has 1 saturated heterocycles. The summed E-state index contributed by atoms with van der Waals surface area (Å²) in [5.74, 6) is -3.22. The maximum Gasteiger partial charge on any atom is 0.316 e. The Kier molecular flexibility index (Phi) is 7.72. The Labute approximate surface area is 182 Å². The minimum absolute atomic E-state index is 0.0504. The van der Waals surface area contributed by atoms with E-state index in [4.69, 9.17) is 10.5 Å². The maximum absolute atomic E-state index is 15.3. The third-order valence-corrected chi connectivity index (χ3v) is 6.25. The van der Waals surface area contributed by atoms with Gasteiger partial charge in [-0.15, -0.1) is 0 Å². The number of hydrogen-bond donors (Lipinski definition) is 2. The van der Waals surface area contributed by atoms with Gasteiger partial charge in [-0.3, -0.25) is 9.59 Å². The summed E-state index contributed by atoms with van der Waals surface area (Å²) in [7, 11) is 1.47. The Morgan fingerprint density at radius 1 is 1.23 bits per heavy atom. The van der Waals surface area contributed by atoms with Crippen molar-refractivity contribution in [1.82, 2.24) is 4.90 Å². The second kappa shape index (κ2) is 10.3. The van der Waals surface area contributed by atoms with Crippen molar-refractivity contribution in [2.75, 3.05) is 69.3 Å². The third-order valence-electron chi connectivity index (χ3n) is 6.25. The number of ketones is 1. The zero-order valence-corrected chi connectivity index (χ0v) is 18.4. The van der Waals surface area contributed by atoms with Gasteiger partial charge >= 0.3 is 5.97 Å². The molecule has 0 aromatic heterocycles. The first-order valence-corrected chi connectivity index (χ1v) is 11.0. The molecule has 3 N–H and O–H groups in total. The number of nitrogens with two attached hydrogens (primary N) is 1. The molecule has 9 heteroatoms. The average Bonchev–Trinajstić information content (AvgIpc) is 2.77. The predicted octanol–water partition coefficient (Wildman–Crippen LogP) is 1.81. The number of unbranched alkanes of at least 4 members (excludes halogenated alkanes) is 2. The number of nitrogens with zero attached hydrogens (tertiary/aromatic N) is 3. The van der Waals surface area contributed by atoms with Crippen LogP contribution in [-0.4, -0.2) is 81.2 Å². The van der Waals surface area contributed by atoms with Gasteiger partial charge in [0.1, 0.15) is 11.6 Å². The number of carbonyl (C=O) groups is 2. The number of Topliss-reactive ketones (excluding diaryl/α,β-unsaturated/α-hetero) is 1. The topological polar surface area (TPSA) is 99.3 Å². The van der Waals surface area contributed by atoms with Gasteiger partial charge in [0.2, 0.25) is 0 Å². The van der Waals surface area contributed by atoms with Gasteiger partial charge in [0, 0.05) is 44.8 Å². The number of hydrogen-bond acceptors (Lipinski definition) is 7. The molecule has 0 amide bonds. The van der Waals surface area contributed by atoms with Crippen molar-refractivity contribution < 1.29 is 23.8 Å². The maximum atomic E-state index is 15.3. The van der Waals surface area contributed by atoms with Crippen LogP contribution in [0.2, 0.25) is 0 Å². The highest BCUT2D eigenvalue weighted by Crippen LogP contribution is 2.46. The lowest BCUT2D eigenvalue weighted by Crippen LogP contribution is -2.47. The Hall–Kier alpha value is -2.39. The third kappa shape index (κ3) is 4.77. The summed E-state index contributed by atoms with van der Waals surface area (Å²) in [5.41, 5.74) is 6.53. The lowest BCUT2D eigenvalue weighted by atomic mass is 9.89. The van der Waals surface area contributed by atoms with Crippen molar-refractivity contribution in [3.63, 3.8) is 0 Å². The molecule has 1 fully saturated rings. The summed E-state index contributed by atoms with van der Waals surface area (Å²) >= 11 is 0. The first kappa shape index (κ1) is 23.3. The van der Waals surface area contributed by atoms with Crippen LogP contribution in [0.25, 0.3) is 0 Å². The van der Waals surface area contributed by atoms with Crippen molar-refractivity contribution in [1.29, 1.82) is 0 Å². The molecule has 0 spiro atoms. The number of piperazine rings is 1. The number of methoxy groups -OCH3 is 1. The van der Waals surface area contributed by atoms with Crippen LogP contribution in [0.4, 0.5) is 15.8 Å². The molecule has 0 saturated carbocycles. The van der Waals surface area contributed by atoms with Gasteiger partial charge in [-0.25, -0.2) is 4.39 Å². The van der Waals surface area contributed by atoms with E-state index in [0.717, 1.165) is 38.9 Å². The van der Waals surface area contributed by atoms with Gasteiger partial charge in [-0.05, 0) is 32.0 Å². The predicted molar refractivity (Wildman–Crippen MR) is 118 cm³/mol. The number of ether oxygens (including phenoxy) is 1. The van der Waals surface area contributed by atoms with Gasteiger partial charge in [-0.2, -0.15) is 0 Å². The smallest absolute Gasteiger partial charge is 0.316 e. The number of likely N-dealkylation sites (N-methyl/N-ethyl adjacent to an activating group) is 1. The highest BCUT2D eigenvalue weighted by molar-refractivity contribution is 6.14. The number of carboxylic acid groups (broad SMARTS) is 1. The van der Waals surface area contributed by atoms with Crippen molar-refractivity contribution in [3.05, 3.63) is 17.4 Å². The van der Waals surface area contributed by atoms with Crippen LogP contribution in [-0.2, 0) is 4.79 Å². The van der Waals surface area contributed by atoms with Crippen LogP contribution in [0.5, 0.6) is 5.75 Å². The van der Waals surface area contributed by atoms with Crippen LogP contribution in [0.3, 0.4) is 0 Å². The standard InChI is InChI=1S/C22H33FN4O4/c1-3-25-9-11-26(12-10-25)19-17(23)13-15-18(21(19)31-2)27(8-6-4-5-7-24)14-16(20(15)28)22(29)30/h13,16H,3-12,14,24H2,1-2H3,(H,29,30). The number of halogens is 1. The number of fused-ring (bicyclic) bond motifs is 1. The number of aliphatic carboxylic acids is 1. The molecule has 172 valence electrons. The zero-order valence-electron chi connectivity index (χ0n) is 18.4. The van der Waals surface area contributed by atoms with Crippen molar-refractivity contribution in [2.45, 2.75) is 26.2 Å². The summed E-state index contributed by atoms with van der Waals surface area (Å²) in [6.45, 7) is 7.18. The first-order chi connectivity index (χ1) is 14.9. The normalized spacial score (nSPS) is 19.5. The molecule has 0 bridgehead atoms. The molecule has 3 rings (SSSR count). The van der Waals surface area contributed by atoms with E-state index in [-0.39, 0.29) is 12.1 Å². The Morgan fingerprint density at radius 2 is 1.94 bits per heavy atom. The van der Waals surface area contributed by atoms with E-state index in [1.54, 1.807) is 0 Å². The summed E-state index contributed by atoms with van der Waals surface area (Å²) in [6.07, 6.45) is 2.56. The van der Waals surface area contributed by atoms with Crippen molar-refractivity contribution in [2.24, 2.45) is 11.7 Å². The molecule has 31 heavy (non-hydrogen) atoms. The molecular weight excluding hydrogens is 403 g/mol. The van der Waals surface area contributed by atoms with E-state index >= 15 is 4.39 Å². The van der Waals surface area contributed by atoms with Gasteiger partial charge in [0.05, 0.1) is 12.8 Å². The summed E-state index contributed by atoms with van der Waals surface area (Å²) in [6, 6.07) is 1.20. The van der Waals surface area contributed by atoms with E-state index in [1.165, 1.54) is 13.2 Å². The van der Waals surface area contributed by atoms with Gasteiger partial charge < -0.3 is 30.3 Å². The fraction of sp³-hybridized carbons (Fsp3) is 0.636. The Morgan fingerprint density at radius 3 is 2.52 bits per heavy atom. The summed E-state index contributed by atoms with van der Waals surface area (Å²) in [4.78, 5) is 30.7. The number of benzene rings is 1. The fourth-order valence-electron chi connectivity index (χ4n) is 4.48. The van der Waals surface area contributed by atoms with E-state index in [0.29, 0.717) is 43.3 Å². The monoisotopic (exact) mass is 436 g/mol. The minimum Gasteiger partial charge on any atom is -0.492 e. The number of carbonyl (C=O) groups excluding carboxylic acids is 1. The minimum atomic E-state index is -1.22. The summed E-state index contributed by atoms with van der Waals surface area (Å²) < 4.78 is 21.0. The molecule has 1 aromatic carbocycles. The molecule has 0 radical (unpaired) electrons. The second-order valence-electron chi connectivity index (χ2n) is 8.11. The van der Waals surface area contributed by atoms with Gasteiger partial charge in [-0.1, -0.05) is 13.3 Å². The molecule has 2 aliphatic heterocycles. The van der Waals surface area contributed by atoms with Gasteiger partial charge in [0.15, 0.2) is 17.3 Å². The number of carboxylic acids is 1. The molecule has 8 nitrogen and oxygen atoms in total.